The van der Waals surface area contributed by atoms with Crippen molar-refractivity contribution in [2.45, 2.75) is 123 Å². The predicted molar refractivity (Wildman–Crippen MR) is 180 cm³/mol. The number of aromatic amines is 1. The van der Waals surface area contributed by atoms with Crippen LogP contribution in [0.5, 0.6) is 0 Å². The molecule has 5 rings (SSSR count). The number of carbonyl (C=O) groups excluding carboxylic acids is 3. The average molecular weight is 630 g/mol. The molecule has 2 aromatic heterocycles. The number of pyridine rings is 1. The lowest BCUT2D eigenvalue weighted by molar-refractivity contribution is -0.124. The Morgan fingerprint density at radius 2 is 1.91 bits per heavy atom. The maximum atomic E-state index is 13.8. The molecule has 3 aromatic rings. The van der Waals surface area contributed by atoms with Crippen LogP contribution >= 0.6 is 0 Å². The van der Waals surface area contributed by atoms with Crippen LogP contribution in [-0.2, 0) is 14.3 Å². The second-order valence-electron chi connectivity index (χ2n) is 15.1. The van der Waals surface area contributed by atoms with E-state index in [4.69, 9.17) is 9.72 Å². The number of ketones is 1. The highest BCUT2D eigenvalue weighted by Gasteiger charge is 2.62. The highest BCUT2D eigenvalue weighted by molar-refractivity contribution is 5.84. The van der Waals surface area contributed by atoms with Gasteiger partial charge in [0.05, 0.1) is 23.4 Å². The lowest BCUT2D eigenvalue weighted by atomic mass is 9.79. The van der Waals surface area contributed by atoms with Crippen molar-refractivity contribution in [3.05, 3.63) is 48.0 Å². The van der Waals surface area contributed by atoms with Crippen LogP contribution in [0.1, 0.15) is 117 Å². The number of aromatic nitrogens is 3. The van der Waals surface area contributed by atoms with Gasteiger partial charge in [-0.15, -0.1) is 0 Å². The van der Waals surface area contributed by atoms with Crippen LogP contribution in [0.25, 0.3) is 22.2 Å². The summed E-state index contributed by atoms with van der Waals surface area (Å²) in [5.74, 6) is 0.992. The third-order valence-electron chi connectivity index (χ3n) is 9.69. The average Bonchev–Trinajstić information content (AvgIpc) is 3.42. The van der Waals surface area contributed by atoms with Gasteiger partial charge in [0.1, 0.15) is 17.2 Å². The molecule has 9 heteroatoms. The van der Waals surface area contributed by atoms with Gasteiger partial charge in [0.2, 0.25) is 5.91 Å². The number of nitrogens with zero attached hydrogens (tertiary/aromatic N) is 3. The molecule has 46 heavy (non-hydrogen) atoms. The molecule has 2 N–H and O–H groups in total. The molecule has 2 fully saturated rings. The van der Waals surface area contributed by atoms with Crippen LogP contribution in [0.3, 0.4) is 0 Å². The fraction of sp³-hybridized carbons (Fsp3) is 0.595. The summed E-state index contributed by atoms with van der Waals surface area (Å²) in [5, 5.41) is 4.42. The van der Waals surface area contributed by atoms with Crippen molar-refractivity contribution >= 4 is 28.7 Å². The standard InChI is InChI=1S/C37H51N5O4/c1-8-27(43)12-10-9-11-13-30(32-38-22-31(40-32)26-16-17-29-25(20-26)15-14-24(2)39-29)41-33(44)28-21-37(28)18-19-42(36(6,7)23-37)34(45)46-35(3,4)5/h14-17,20,22,28,30H,8-13,18-19,21,23H2,1-7H3,(H,38,40)(H,41,44). The van der Waals surface area contributed by atoms with Gasteiger partial charge in [-0.05, 0) is 97.3 Å². The number of unbranched alkanes of at least 4 members (excludes halogenated alkanes) is 2. The monoisotopic (exact) mass is 629 g/mol. The third kappa shape index (κ3) is 7.78. The van der Waals surface area contributed by atoms with Crippen LogP contribution in [0.2, 0.25) is 0 Å². The van der Waals surface area contributed by atoms with Crippen LogP contribution in [0, 0.1) is 18.3 Å². The number of nitrogens with one attached hydrogen (secondary N) is 2. The lowest BCUT2D eigenvalue weighted by Gasteiger charge is -2.46. The highest BCUT2D eigenvalue weighted by Crippen LogP contribution is 2.62. The maximum absolute atomic E-state index is 13.8. The number of Topliss-reactive ketones (excluding diaryl/α,β-unsaturated/α-hetero) is 1. The number of imidazole rings is 1. The Morgan fingerprint density at radius 3 is 2.63 bits per heavy atom. The number of rotatable bonds is 11. The van der Waals surface area contributed by atoms with Crippen molar-refractivity contribution < 1.29 is 19.1 Å². The fourth-order valence-electron chi connectivity index (χ4n) is 7.16. The Morgan fingerprint density at radius 1 is 1.13 bits per heavy atom. The first-order valence-electron chi connectivity index (χ1n) is 17.0. The number of amides is 2. The van der Waals surface area contributed by atoms with Gasteiger partial charge < -0.3 is 19.9 Å². The normalized spacial score (nSPS) is 21.3. The van der Waals surface area contributed by atoms with E-state index in [1.165, 1.54) is 0 Å². The van der Waals surface area contributed by atoms with Gasteiger partial charge in [-0.1, -0.05) is 31.9 Å². The molecule has 1 saturated carbocycles. The smallest absolute Gasteiger partial charge is 0.410 e. The van der Waals surface area contributed by atoms with Crippen molar-refractivity contribution in [1.82, 2.24) is 25.2 Å². The quantitative estimate of drug-likeness (QED) is 0.209. The molecule has 1 spiro atoms. The molecule has 9 nitrogen and oxygen atoms in total. The van der Waals surface area contributed by atoms with Gasteiger partial charge in [-0.3, -0.25) is 14.6 Å². The fourth-order valence-corrected chi connectivity index (χ4v) is 7.16. The summed E-state index contributed by atoms with van der Waals surface area (Å²) in [6.07, 6.45) is 8.49. The minimum Gasteiger partial charge on any atom is -0.444 e. The number of hydrogen-bond donors (Lipinski definition) is 2. The van der Waals surface area contributed by atoms with Crippen molar-refractivity contribution in [1.29, 1.82) is 0 Å². The minimum atomic E-state index is -0.554. The Bertz CT molecular complexity index is 1590. The minimum absolute atomic E-state index is 0.0535. The summed E-state index contributed by atoms with van der Waals surface area (Å²) in [7, 11) is 0. The summed E-state index contributed by atoms with van der Waals surface area (Å²) in [6, 6.07) is 10.0. The molecule has 1 saturated heterocycles. The summed E-state index contributed by atoms with van der Waals surface area (Å²) in [5.41, 5.74) is 2.77. The third-order valence-corrected chi connectivity index (χ3v) is 9.69. The Labute approximate surface area is 273 Å². The molecule has 1 aliphatic heterocycles. The highest BCUT2D eigenvalue weighted by atomic mass is 16.6. The number of carbonyl (C=O) groups is 3. The number of ether oxygens (including phenoxy) is 1. The number of hydrogen-bond acceptors (Lipinski definition) is 6. The summed E-state index contributed by atoms with van der Waals surface area (Å²) in [6.45, 7) is 14.3. The van der Waals surface area contributed by atoms with Crippen LogP contribution in [-0.4, -0.2) is 55.3 Å². The molecule has 3 unspecified atom stereocenters. The number of H-pyrrole nitrogens is 1. The second kappa shape index (κ2) is 13.2. The molecule has 3 heterocycles. The Kier molecular flexibility index (Phi) is 9.62. The number of aryl methyl sites for hydroxylation is 1. The van der Waals surface area contributed by atoms with Gasteiger partial charge in [-0.2, -0.15) is 0 Å². The van der Waals surface area contributed by atoms with Crippen LogP contribution in [0.15, 0.2) is 36.5 Å². The van der Waals surface area contributed by atoms with E-state index in [2.05, 4.69) is 41.3 Å². The van der Waals surface area contributed by atoms with E-state index in [1.54, 1.807) is 0 Å². The van der Waals surface area contributed by atoms with E-state index in [1.807, 2.05) is 63.9 Å². The maximum Gasteiger partial charge on any atom is 0.410 e. The first-order chi connectivity index (χ1) is 21.7. The van der Waals surface area contributed by atoms with E-state index in [0.29, 0.717) is 25.2 Å². The first kappa shape index (κ1) is 33.6. The molecule has 2 aliphatic rings. The Hall–Kier alpha value is -3.75. The van der Waals surface area contributed by atoms with Crippen LogP contribution < -0.4 is 5.32 Å². The largest absolute Gasteiger partial charge is 0.444 e. The van der Waals surface area contributed by atoms with E-state index >= 15 is 0 Å². The molecular formula is C37H51N5O4. The van der Waals surface area contributed by atoms with Gasteiger partial charge in [0, 0.05) is 47.5 Å². The molecular weight excluding hydrogens is 578 g/mol. The summed E-state index contributed by atoms with van der Waals surface area (Å²) in [4.78, 5) is 53.3. The van der Waals surface area contributed by atoms with Crippen LogP contribution in [0.4, 0.5) is 4.79 Å². The van der Waals surface area contributed by atoms with Gasteiger partial charge in [0.25, 0.3) is 0 Å². The summed E-state index contributed by atoms with van der Waals surface area (Å²) >= 11 is 0. The van der Waals surface area contributed by atoms with E-state index < -0.39 is 11.1 Å². The van der Waals surface area contributed by atoms with E-state index in [-0.39, 0.29) is 29.4 Å². The second-order valence-corrected chi connectivity index (χ2v) is 15.1. The zero-order valence-corrected chi connectivity index (χ0v) is 28.7. The van der Waals surface area contributed by atoms with Crippen molar-refractivity contribution in [2.75, 3.05) is 6.54 Å². The number of fused-ring (bicyclic) bond motifs is 1. The van der Waals surface area contributed by atoms with Crippen molar-refractivity contribution in [3.63, 3.8) is 0 Å². The topological polar surface area (TPSA) is 117 Å². The zero-order valence-electron chi connectivity index (χ0n) is 28.7. The lowest BCUT2D eigenvalue weighted by Crippen LogP contribution is -2.55. The molecule has 0 radical (unpaired) electrons. The van der Waals surface area contributed by atoms with Gasteiger partial charge in [0.15, 0.2) is 0 Å². The summed E-state index contributed by atoms with van der Waals surface area (Å²) < 4.78 is 5.69. The molecule has 1 aromatic carbocycles. The molecule has 3 atom stereocenters. The Balaban J connectivity index is 1.28. The van der Waals surface area contributed by atoms with Gasteiger partial charge in [-0.25, -0.2) is 9.78 Å². The SMILES string of the molecule is CCC(=O)CCCCCC(NC(=O)C1CC12CCN(C(=O)OC(C)(C)C)C(C)(C)C2)c1ncc(-c2ccc3nc(C)ccc3c2)[nH]1. The predicted octanol–water partition coefficient (Wildman–Crippen LogP) is 7.84. The van der Waals surface area contributed by atoms with E-state index in [0.717, 1.165) is 78.6 Å². The van der Waals surface area contributed by atoms with Crippen molar-refractivity contribution in [2.24, 2.45) is 11.3 Å². The molecule has 2 amide bonds. The van der Waals surface area contributed by atoms with Gasteiger partial charge >= 0.3 is 6.09 Å². The van der Waals surface area contributed by atoms with Crippen molar-refractivity contribution in [3.8, 4) is 11.3 Å². The first-order valence-corrected chi connectivity index (χ1v) is 17.0. The molecule has 248 valence electrons. The number of likely N-dealkylation sites (tertiary alicyclic amines) is 1. The van der Waals surface area contributed by atoms with E-state index in [9.17, 15) is 14.4 Å². The number of piperidine rings is 1. The molecule has 0 bridgehead atoms. The molecule has 1 aliphatic carbocycles. The zero-order chi connectivity index (χ0) is 33.3. The number of benzene rings is 1.